The van der Waals surface area contributed by atoms with E-state index in [1.165, 1.54) is 19.2 Å². The van der Waals surface area contributed by atoms with Crippen LogP contribution >= 0.6 is 0 Å². The molecule has 0 fully saturated rings. The minimum absolute atomic E-state index is 0.000513. The summed E-state index contributed by atoms with van der Waals surface area (Å²) in [7, 11) is 1.48. The van der Waals surface area contributed by atoms with Crippen molar-refractivity contribution in [3.8, 4) is 5.75 Å². The van der Waals surface area contributed by atoms with E-state index in [-0.39, 0.29) is 5.69 Å². The Morgan fingerprint density at radius 3 is 2.79 bits per heavy atom. The zero-order valence-corrected chi connectivity index (χ0v) is 10.4. The molecule has 2 aromatic rings. The Bertz CT molecular complexity index is 594. The molecular formula is C12H14N4O3. The van der Waals surface area contributed by atoms with E-state index in [9.17, 15) is 10.1 Å². The monoisotopic (exact) mass is 262 g/mol. The minimum atomic E-state index is -0.444. The first-order chi connectivity index (χ1) is 9.12. The molecule has 0 amide bonds. The fraction of sp³-hybridized carbons (Fsp3) is 0.250. The molecular weight excluding hydrogens is 248 g/mol. The predicted molar refractivity (Wildman–Crippen MR) is 68.9 cm³/mol. The van der Waals surface area contributed by atoms with Crippen LogP contribution in [-0.2, 0) is 13.1 Å². The van der Waals surface area contributed by atoms with Gasteiger partial charge in [0.15, 0.2) is 0 Å². The molecule has 0 radical (unpaired) electrons. The lowest BCUT2D eigenvalue weighted by atomic mass is 10.2. The van der Waals surface area contributed by atoms with Gasteiger partial charge in [-0.1, -0.05) is 0 Å². The lowest BCUT2D eigenvalue weighted by Gasteiger charge is -2.05. The zero-order chi connectivity index (χ0) is 13.8. The van der Waals surface area contributed by atoms with Crippen molar-refractivity contribution in [2.24, 2.45) is 5.73 Å². The molecule has 0 aliphatic heterocycles. The summed E-state index contributed by atoms with van der Waals surface area (Å²) < 4.78 is 6.74. The maximum absolute atomic E-state index is 10.8. The number of hydrogen-bond donors (Lipinski definition) is 1. The van der Waals surface area contributed by atoms with E-state index in [0.29, 0.717) is 18.8 Å². The first kappa shape index (κ1) is 13.0. The highest BCUT2D eigenvalue weighted by molar-refractivity contribution is 5.42. The Morgan fingerprint density at radius 1 is 1.42 bits per heavy atom. The molecule has 0 unspecified atom stereocenters. The highest BCUT2D eigenvalue weighted by Crippen LogP contribution is 2.23. The van der Waals surface area contributed by atoms with Gasteiger partial charge < -0.3 is 10.5 Å². The molecule has 0 spiro atoms. The van der Waals surface area contributed by atoms with Crippen LogP contribution in [0.3, 0.4) is 0 Å². The Hall–Kier alpha value is -2.41. The minimum Gasteiger partial charge on any atom is -0.496 e. The van der Waals surface area contributed by atoms with Crippen molar-refractivity contribution in [1.29, 1.82) is 0 Å². The molecule has 100 valence electrons. The number of benzene rings is 1. The van der Waals surface area contributed by atoms with Gasteiger partial charge in [0.05, 0.1) is 30.8 Å². The van der Waals surface area contributed by atoms with Gasteiger partial charge in [-0.25, -0.2) is 0 Å². The van der Waals surface area contributed by atoms with Gasteiger partial charge in [0.2, 0.25) is 0 Å². The second kappa shape index (κ2) is 5.49. The summed E-state index contributed by atoms with van der Waals surface area (Å²) in [6.07, 6.45) is 3.49. The summed E-state index contributed by atoms with van der Waals surface area (Å²) in [6.45, 7) is 0.844. The highest BCUT2D eigenvalue weighted by atomic mass is 16.6. The Morgan fingerprint density at radius 2 is 2.21 bits per heavy atom. The van der Waals surface area contributed by atoms with Crippen molar-refractivity contribution in [2.75, 3.05) is 7.11 Å². The van der Waals surface area contributed by atoms with E-state index < -0.39 is 4.92 Å². The molecule has 0 aliphatic rings. The number of nitrogens with two attached hydrogens (primary N) is 1. The van der Waals surface area contributed by atoms with Crippen LogP contribution in [0.25, 0.3) is 0 Å². The molecule has 1 aromatic heterocycles. The third-order valence-corrected chi connectivity index (χ3v) is 2.66. The molecule has 0 saturated heterocycles. The molecule has 0 saturated carbocycles. The van der Waals surface area contributed by atoms with Crippen LogP contribution < -0.4 is 10.5 Å². The fourth-order valence-electron chi connectivity index (χ4n) is 1.74. The average Bonchev–Trinajstić information content (AvgIpc) is 2.85. The number of aromatic nitrogens is 2. The SMILES string of the molecule is COc1cc(Cn2cc(CN)cn2)cc([N+](=O)[O-])c1. The second-order valence-corrected chi connectivity index (χ2v) is 4.05. The molecule has 0 aliphatic carbocycles. The van der Waals surface area contributed by atoms with Gasteiger partial charge in [-0.2, -0.15) is 5.10 Å². The normalized spacial score (nSPS) is 10.4. The summed E-state index contributed by atoms with van der Waals surface area (Å²) in [5.74, 6) is 0.454. The van der Waals surface area contributed by atoms with Crippen molar-refractivity contribution in [2.45, 2.75) is 13.1 Å². The standard InChI is InChI=1S/C12H14N4O3/c1-19-12-3-9(2-11(4-12)16(17)18)7-15-8-10(5-13)6-14-15/h2-4,6,8H,5,7,13H2,1H3. The molecule has 0 bridgehead atoms. The number of ether oxygens (including phenoxy) is 1. The van der Waals surface area contributed by atoms with Crippen molar-refractivity contribution in [1.82, 2.24) is 9.78 Å². The smallest absolute Gasteiger partial charge is 0.273 e. The van der Waals surface area contributed by atoms with Crippen LogP contribution in [0.5, 0.6) is 5.75 Å². The quantitative estimate of drug-likeness (QED) is 0.647. The number of nitrogens with zero attached hydrogens (tertiary/aromatic N) is 3. The van der Waals surface area contributed by atoms with E-state index in [1.54, 1.807) is 16.9 Å². The van der Waals surface area contributed by atoms with Crippen molar-refractivity contribution < 1.29 is 9.66 Å². The van der Waals surface area contributed by atoms with Crippen molar-refractivity contribution >= 4 is 5.69 Å². The second-order valence-electron chi connectivity index (χ2n) is 4.05. The first-order valence-electron chi connectivity index (χ1n) is 5.66. The van der Waals surface area contributed by atoms with Crippen LogP contribution in [-0.4, -0.2) is 21.8 Å². The van der Waals surface area contributed by atoms with E-state index in [1.807, 2.05) is 6.20 Å². The number of hydrogen-bond acceptors (Lipinski definition) is 5. The lowest BCUT2D eigenvalue weighted by Crippen LogP contribution is -2.02. The van der Waals surface area contributed by atoms with Gasteiger partial charge in [-0.3, -0.25) is 14.8 Å². The molecule has 0 atom stereocenters. The molecule has 7 nitrogen and oxygen atoms in total. The molecule has 2 rings (SSSR count). The summed E-state index contributed by atoms with van der Waals surface area (Å²) in [5.41, 5.74) is 7.17. The molecule has 7 heteroatoms. The zero-order valence-electron chi connectivity index (χ0n) is 10.4. The van der Waals surface area contributed by atoms with Crippen molar-refractivity contribution in [3.05, 3.63) is 51.8 Å². The molecule has 1 aromatic carbocycles. The summed E-state index contributed by atoms with van der Waals surface area (Å²) in [4.78, 5) is 10.4. The van der Waals surface area contributed by atoms with Gasteiger partial charge in [0.1, 0.15) is 5.75 Å². The fourth-order valence-corrected chi connectivity index (χ4v) is 1.74. The third-order valence-electron chi connectivity index (χ3n) is 2.66. The Balaban J connectivity index is 2.28. The topological polar surface area (TPSA) is 96.2 Å². The number of nitro groups is 1. The van der Waals surface area contributed by atoms with Crippen LogP contribution in [0.2, 0.25) is 0 Å². The largest absolute Gasteiger partial charge is 0.496 e. The summed E-state index contributed by atoms with van der Waals surface area (Å²) >= 11 is 0. The average molecular weight is 262 g/mol. The maximum atomic E-state index is 10.8. The van der Waals surface area contributed by atoms with Gasteiger partial charge in [0.25, 0.3) is 5.69 Å². The van der Waals surface area contributed by atoms with Crippen LogP contribution in [0, 0.1) is 10.1 Å². The van der Waals surface area contributed by atoms with Gasteiger partial charge in [0, 0.05) is 24.4 Å². The van der Waals surface area contributed by atoms with E-state index >= 15 is 0 Å². The molecule has 2 N–H and O–H groups in total. The van der Waals surface area contributed by atoms with Crippen LogP contribution in [0.1, 0.15) is 11.1 Å². The predicted octanol–water partition coefficient (Wildman–Crippen LogP) is 1.31. The number of non-ortho nitro benzene ring substituents is 1. The van der Waals surface area contributed by atoms with Gasteiger partial charge in [-0.15, -0.1) is 0 Å². The number of nitro benzene ring substituents is 1. The number of methoxy groups -OCH3 is 1. The summed E-state index contributed by atoms with van der Waals surface area (Å²) in [6, 6.07) is 4.64. The van der Waals surface area contributed by atoms with Gasteiger partial charge >= 0.3 is 0 Å². The Kier molecular flexibility index (Phi) is 3.76. The number of rotatable bonds is 5. The summed E-state index contributed by atoms with van der Waals surface area (Å²) in [5, 5.41) is 15.0. The maximum Gasteiger partial charge on any atom is 0.273 e. The Labute approximate surface area is 109 Å². The van der Waals surface area contributed by atoms with Crippen LogP contribution in [0.4, 0.5) is 5.69 Å². The van der Waals surface area contributed by atoms with E-state index in [0.717, 1.165) is 11.1 Å². The van der Waals surface area contributed by atoms with E-state index in [2.05, 4.69) is 5.10 Å². The van der Waals surface area contributed by atoms with Crippen molar-refractivity contribution in [3.63, 3.8) is 0 Å². The van der Waals surface area contributed by atoms with E-state index in [4.69, 9.17) is 10.5 Å². The van der Waals surface area contributed by atoms with Crippen LogP contribution in [0.15, 0.2) is 30.6 Å². The lowest BCUT2D eigenvalue weighted by molar-refractivity contribution is -0.385. The first-order valence-corrected chi connectivity index (χ1v) is 5.66. The highest BCUT2D eigenvalue weighted by Gasteiger charge is 2.10. The van der Waals surface area contributed by atoms with Gasteiger partial charge in [-0.05, 0) is 11.6 Å². The molecule has 1 heterocycles. The third kappa shape index (κ3) is 3.08. The molecule has 19 heavy (non-hydrogen) atoms.